The van der Waals surface area contributed by atoms with Crippen LogP contribution in [0.3, 0.4) is 0 Å². The third-order valence-corrected chi connectivity index (χ3v) is 18.6. The maximum absolute atomic E-state index is 13.7. The number of rotatable bonds is 9. The summed E-state index contributed by atoms with van der Waals surface area (Å²) in [6.45, 7) is 11.1. The van der Waals surface area contributed by atoms with E-state index in [0.29, 0.717) is 57.3 Å². The topological polar surface area (TPSA) is 292 Å². The third-order valence-electron chi connectivity index (χ3n) is 18.6. The molecule has 364 valence electrons. The number of allylic oxidation sites excluding steroid dienone is 2. The number of aldehydes is 1. The Hall–Kier alpha value is -1.72. The normalized spacial score (nSPS) is 56.4. The molecule has 3 saturated heterocycles. The molecule has 0 radical (unpaired) electrons. The first kappa shape index (κ1) is 48.7. The van der Waals surface area contributed by atoms with E-state index in [2.05, 4.69) is 33.8 Å². The number of aliphatic carboxylic acids is 1. The minimum Gasteiger partial charge on any atom is -0.481 e. The molecule has 10 N–H and O–H groups in total. The second kappa shape index (κ2) is 17.4. The highest BCUT2D eigenvalue weighted by Crippen LogP contribution is 2.75. The quantitative estimate of drug-likeness (QED) is 0.0836. The standard InChI is InChI=1S/C46H72O18/c1-20-9-14-46(41(57)58)23(15-20)22-7-8-27-42(3)12-11-29(43(4,19-48)26(42)10-13-44(27,5)45(22,6)16-28(46)50)62-40-37(64-39-35(56)33(54)31(52)25(17-47)61-39)36(24(49)18-59-40)63-38-34(55)32(53)30(51)21(2)60-38/h7,19-21,23-40,47,49-56H,8-18H2,1-6H3,(H,57,58)/t20-,21+,23?,24-,25?,26-,27?,28?,29+,30+,31+,32?,33+,34?,35?,36+,37?,38+,39+,40+,42?,43-,44+,45-,46-/m1/s1. The minimum atomic E-state index is -1.88. The number of carboxylic acid groups (broad SMARTS) is 1. The molecule has 64 heavy (non-hydrogen) atoms. The highest BCUT2D eigenvalue weighted by molar-refractivity contribution is 5.77. The molecule has 8 rings (SSSR count). The number of fused-ring (bicyclic) bond motifs is 7. The van der Waals surface area contributed by atoms with E-state index in [9.17, 15) is 60.7 Å². The van der Waals surface area contributed by atoms with Crippen LogP contribution in [0, 0.1) is 50.7 Å². The SMILES string of the molecule is C[C@@H]1CC[C@]2(C(=O)O)C(O)C[C@]3(C)C(=CCC4C5(C)CC[C@H](O[C@@H]6OC[C@@H](O)[C@H](O[C@@H]7O[C@@H](C)[C@H](O)C(O)C7O)C6O[C@@H]6OC(CO)[C@H](O)[C@H](O)C6O)[C@](C)(C=O)[C@@H]5CC[C@@]43C)C2C1. The van der Waals surface area contributed by atoms with E-state index in [-0.39, 0.29) is 23.2 Å². The molecule has 0 spiro atoms. The van der Waals surface area contributed by atoms with Crippen LogP contribution in [-0.4, -0.2) is 175 Å². The van der Waals surface area contributed by atoms with E-state index in [0.717, 1.165) is 18.3 Å². The van der Waals surface area contributed by atoms with Gasteiger partial charge in [0.05, 0.1) is 36.9 Å². The zero-order valence-electron chi connectivity index (χ0n) is 37.7. The second-order valence-corrected chi connectivity index (χ2v) is 21.8. The van der Waals surface area contributed by atoms with Gasteiger partial charge in [-0.25, -0.2) is 0 Å². The Kier molecular flexibility index (Phi) is 13.2. The molecule has 0 aromatic rings. The minimum absolute atomic E-state index is 0.0672. The van der Waals surface area contributed by atoms with E-state index in [1.807, 2.05) is 6.92 Å². The van der Waals surface area contributed by atoms with Gasteiger partial charge in [0.1, 0.15) is 72.7 Å². The van der Waals surface area contributed by atoms with Gasteiger partial charge in [0, 0.05) is 0 Å². The number of carboxylic acids is 1. The van der Waals surface area contributed by atoms with Crippen LogP contribution >= 0.6 is 0 Å². The molecule has 3 heterocycles. The smallest absolute Gasteiger partial charge is 0.312 e. The van der Waals surface area contributed by atoms with Gasteiger partial charge in [0.2, 0.25) is 0 Å². The van der Waals surface area contributed by atoms with Crippen molar-refractivity contribution in [1.29, 1.82) is 0 Å². The van der Waals surface area contributed by atoms with Crippen molar-refractivity contribution < 1.29 is 89.1 Å². The van der Waals surface area contributed by atoms with E-state index in [1.165, 1.54) is 6.92 Å². The van der Waals surface area contributed by atoms with E-state index < -0.39 is 139 Å². The lowest BCUT2D eigenvalue weighted by molar-refractivity contribution is -0.387. The first-order valence-electron chi connectivity index (χ1n) is 23.4. The summed E-state index contributed by atoms with van der Waals surface area (Å²) >= 11 is 0. The van der Waals surface area contributed by atoms with Gasteiger partial charge in [-0.1, -0.05) is 46.3 Å². The molecule has 7 fully saturated rings. The maximum Gasteiger partial charge on any atom is 0.312 e. The van der Waals surface area contributed by atoms with Crippen LogP contribution in [0.2, 0.25) is 0 Å². The van der Waals surface area contributed by atoms with Crippen molar-refractivity contribution in [2.75, 3.05) is 13.2 Å². The Morgan fingerprint density at radius 3 is 2.09 bits per heavy atom. The monoisotopic (exact) mass is 912 g/mol. The highest BCUT2D eigenvalue weighted by Gasteiger charge is 2.71. The van der Waals surface area contributed by atoms with Crippen LogP contribution in [0.15, 0.2) is 11.6 Å². The van der Waals surface area contributed by atoms with Crippen molar-refractivity contribution in [2.24, 2.45) is 50.7 Å². The molecule has 18 heteroatoms. The summed E-state index contributed by atoms with van der Waals surface area (Å²) in [7, 11) is 0. The molecule has 9 unspecified atom stereocenters. The third kappa shape index (κ3) is 7.22. The van der Waals surface area contributed by atoms with Gasteiger partial charge < -0.3 is 84.3 Å². The van der Waals surface area contributed by atoms with Crippen molar-refractivity contribution in [3.8, 4) is 0 Å². The molecule has 0 aromatic heterocycles. The summed E-state index contributed by atoms with van der Waals surface area (Å²) < 4.78 is 36.6. The second-order valence-electron chi connectivity index (χ2n) is 21.8. The summed E-state index contributed by atoms with van der Waals surface area (Å²) in [5.41, 5.74) is -2.41. The Morgan fingerprint density at radius 2 is 1.44 bits per heavy atom. The molecule has 18 nitrogen and oxygen atoms in total. The number of hydrogen-bond donors (Lipinski definition) is 10. The highest BCUT2D eigenvalue weighted by atomic mass is 16.8. The van der Waals surface area contributed by atoms with Gasteiger partial charge in [-0.05, 0) is 105 Å². The lowest BCUT2D eigenvalue weighted by Gasteiger charge is -2.71. The molecule has 4 saturated carbocycles. The summed E-state index contributed by atoms with van der Waals surface area (Å²) in [4.78, 5) is 26.8. The van der Waals surface area contributed by atoms with Crippen molar-refractivity contribution in [3.05, 3.63) is 11.6 Å². The van der Waals surface area contributed by atoms with Gasteiger partial charge in [-0.15, -0.1) is 0 Å². The van der Waals surface area contributed by atoms with Crippen LogP contribution < -0.4 is 0 Å². The zero-order chi connectivity index (χ0) is 46.6. The predicted octanol–water partition coefficient (Wildman–Crippen LogP) is 0.133. The molecule has 0 amide bonds. The molecule has 3 aliphatic heterocycles. The summed E-state index contributed by atoms with van der Waals surface area (Å²) in [5, 5.41) is 108. The Balaban J connectivity index is 1.09. The van der Waals surface area contributed by atoms with Crippen LogP contribution in [-0.2, 0) is 38.0 Å². The summed E-state index contributed by atoms with van der Waals surface area (Å²) in [6.07, 6.45) is -15.4. The van der Waals surface area contributed by atoms with Gasteiger partial charge >= 0.3 is 5.97 Å². The fourth-order valence-corrected chi connectivity index (χ4v) is 14.6. The molecule has 0 aromatic carbocycles. The van der Waals surface area contributed by atoms with E-state index in [4.69, 9.17) is 28.4 Å². The molecule has 8 aliphatic rings. The number of carbonyl (C=O) groups excluding carboxylic acids is 1. The Bertz CT molecular complexity index is 1770. The number of hydrogen-bond acceptors (Lipinski definition) is 17. The molecular weight excluding hydrogens is 840 g/mol. The lowest BCUT2D eigenvalue weighted by Crippen LogP contribution is -2.68. The average molecular weight is 913 g/mol. The number of aliphatic hydroxyl groups excluding tert-OH is 9. The largest absolute Gasteiger partial charge is 0.481 e. The van der Waals surface area contributed by atoms with Crippen molar-refractivity contribution >= 4 is 12.3 Å². The lowest BCUT2D eigenvalue weighted by atomic mass is 9.33. The van der Waals surface area contributed by atoms with Crippen LogP contribution in [0.5, 0.6) is 0 Å². The number of carbonyl (C=O) groups is 2. The maximum atomic E-state index is 13.7. The van der Waals surface area contributed by atoms with Crippen molar-refractivity contribution in [3.63, 3.8) is 0 Å². The fourth-order valence-electron chi connectivity index (χ4n) is 14.6. The van der Waals surface area contributed by atoms with Crippen LogP contribution in [0.1, 0.15) is 99.3 Å². The Labute approximate surface area is 373 Å². The first-order valence-corrected chi connectivity index (χ1v) is 23.4. The van der Waals surface area contributed by atoms with Crippen LogP contribution in [0.25, 0.3) is 0 Å². The van der Waals surface area contributed by atoms with Gasteiger partial charge in [-0.2, -0.15) is 0 Å². The van der Waals surface area contributed by atoms with Crippen LogP contribution in [0.4, 0.5) is 0 Å². The van der Waals surface area contributed by atoms with E-state index >= 15 is 0 Å². The average Bonchev–Trinajstić information content (AvgIpc) is 3.25. The summed E-state index contributed by atoms with van der Waals surface area (Å²) in [6, 6.07) is 0. The van der Waals surface area contributed by atoms with Crippen molar-refractivity contribution in [2.45, 2.75) is 198 Å². The van der Waals surface area contributed by atoms with Gasteiger partial charge in [-0.3, -0.25) is 4.79 Å². The summed E-state index contributed by atoms with van der Waals surface area (Å²) in [5.74, 6) is -1.01. The predicted molar refractivity (Wildman–Crippen MR) is 220 cm³/mol. The fraction of sp³-hybridized carbons (Fsp3) is 0.913. The van der Waals surface area contributed by atoms with E-state index in [1.54, 1.807) is 0 Å². The molecular formula is C46H72O18. The molecule has 0 bridgehead atoms. The molecule has 5 aliphatic carbocycles. The molecule has 25 atom stereocenters. The Morgan fingerprint density at radius 1 is 0.781 bits per heavy atom. The first-order chi connectivity index (χ1) is 30.0. The van der Waals surface area contributed by atoms with Gasteiger partial charge in [0.15, 0.2) is 18.9 Å². The van der Waals surface area contributed by atoms with Gasteiger partial charge in [0.25, 0.3) is 0 Å². The number of aliphatic hydroxyl groups is 9. The zero-order valence-corrected chi connectivity index (χ0v) is 37.7. The van der Waals surface area contributed by atoms with Crippen molar-refractivity contribution in [1.82, 2.24) is 0 Å². The number of ether oxygens (including phenoxy) is 6.